The Kier molecular flexibility index (Phi) is 5.32. The molecule has 20 heavy (non-hydrogen) atoms. The highest BCUT2D eigenvalue weighted by atomic mass is 19.1. The fourth-order valence-corrected chi connectivity index (χ4v) is 2.54. The fourth-order valence-electron chi connectivity index (χ4n) is 2.54. The van der Waals surface area contributed by atoms with Crippen LogP contribution in [0.2, 0.25) is 0 Å². The van der Waals surface area contributed by atoms with Crippen molar-refractivity contribution in [2.45, 2.75) is 38.1 Å². The summed E-state index contributed by atoms with van der Waals surface area (Å²) in [6, 6.07) is 4.10. The molecule has 1 aromatic rings. The summed E-state index contributed by atoms with van der Waals surface area (Å²) in [4.78, 5) is 4.16. The SMILES string of the molecule is CN=C(NCCc1cc(F)cc(F)c1)NC1CCCC1. The van der Waals surface area contributed by atoms with Crippen molar-refractivity contribution < 1.29 is 8.78 Å². The second kappa shape index (κ2) is 7.22. The predicted octanol–water partition coefficient (Wildman–Crippen LogP) is 2.61. The van der Waals surface area contributed by atoms with Crippen LogP contribution in [0.4, 0.5) is 8.78 Å². The highest BCUT2D eigenvalue weighted by Gasteiger charge is 2.15. The molecular weight excluding hydrogens is 260 g/mol. The number of halogens is 2. The summed E-state index contributed by atoms with van der Waals surface area (Å²) >= 11 is 0. The molecule has 0 atom stereocenters. The molecule has 1 aromatic carbocycles. The zero-order valence-electron chi connectivity index (χ0n) is 11.8. The first-order chi connectivity index (χ1) is 9.67. The van der Waals surface area contributed by atoms with E-state index in [4.69, 9.17) is 0 Å². The average Bonchev–Trinajstić information content (AvgIpc) is 2.89. The van der Waals surface area contributed by atoms with Crippen LogP contribution < -0.4 is 10.6 Å². The van der Waals surface area contributed by atoms with E-state index in [1.165, 1.54) is 37.8 Å². The fraction of sp³-hybridized carbons (Fsp3) is 0.533. The third kappa shape index (κ3) is 4.47. The van der Waals surface area contributed by atoms with Crippen molar-refractivity contribution in [1.29, 1.82) is 0 Å². The van der Waals surface area contributed by atoms with Crippen LogP contribution in [0.15, 0.2) is 23.2 Å². The molecule has 0 bridgehead atoms. The van der Waals surface area contributed by atoms with Crippen LogP contribution in [-0.2, 0) is 6.42 Å². The van der Waals surface area contributed by atoms with Crippen LogP contribution in [0.3, 0.4) is 0 Å². The van der Waals surface area contributed by atoms with Gasteiger partial charge in [-0.05, 0) is 37.0 Å². The molecule has 2 N–H and O–H groups in total. The van der Waals surface area contributed by atoms with Gasteiger partial charge in [-0.25, -0.2) is 8.78 Å². The van der Waals surface area contributed by atoms with Crippen molar-refractivity contribution in [2.75, 3.05) is 13.6 Å². The molecule has 1 aliphatic carbocycles. The van der Waals surface area contributed by atoms with Crippen molar-refractivity contribution in [2.24, 2.45) is 4.99 Å². The highest BCUT2D eigenvalue weighted by Crippen LogP contribution is 2.17. The Morgan fingerprint density at radius 2 is 1.85 bits per heavy atom. The van der Waals surface area contributed by atoms with Gasteiger partial charge < -0.3 is 10.6 Å². The lowest BCUT2D eigenvalue weighted by molar-refractivity contribution is 0.578. The van der Waals surface area contributed by atoms with E-state index in [2.05, 4.69) is 15.6 Å². The van der Waals surface area contributed by atoms with Gasteiger partial charge >= 0.3 is 0 Å². The predicted molar refractivity (Wildman–Crippen MR) is 76.8 cm³/mol. The third-order valence-corrected chi connectivity index (χ3v) is 3.55. The Hall–Kier alpha value is -1.65. The molecule has 1 fully saturated rings. The molecule has 3 nitrogen and oxygen atoms in total. The Morgan fingerprint density at radius 1 is 1.20 bits per heavy atom. The Morgan fingerprint density at radius 3 is 2.45 bits per heavy atom. The van der Waals surface area contributed by atoms with E-state index >= 15 is 0 Å². The molecule has 2 rings (SSSR count). The number of nitrogens with zero attached hydrogens (tertiary/aromatic N) is 1. The van der Waals surface area contributed by atoms with Gasteiger partial charge in [-0.1, -0.05) is 12.8 Å². The van der Waals surface area contributed by atoms with Gasteiger partial charge in [0, 0.05) is 25.7 Å². The van der Waals surface area contributed by atoms with Crippen molar-refractivity contribution in [3.63, 3.8) is 0 Å². The summed E-state index contributed by atoms with van der Waals surface area (Å²) in [6.07, 6.45) is 5.43. The Balaban J connectivity index is 1.78. The number of hydrogen-bond donors (Lipinski definition) is 2. The number of benzene rings is 1. The molecule has 0 aromatic heterocycles. The van der Waals surface area contributed by atoms with Crippen LogP contribution in [0.1, 0.15) is 31.2 Å². The molecule has 0 aliphatic heterocycles. The minimum atomic E-state index is -0.534. The van der Waals surface area contributed by atoms with Crippen LogP contribution in [0.5, 0.6) is 0 Å². The molecule has 0 radical (unpaired) electrons. The Labute approximate surface area is 118 Å². The smallest absolute Gasteiger partial charge is 0.191 e. The molecule has 0 unspecified atom stereocenters. The second-order valence-electron chi connectivity index (χ2n) is 5.15. The number of guanidine groups is 1. The minimum absolute atomic E-state index is 0.493. The lowest BCUT2D eigenvalue weighted by Gasteiger charge is -2.16. The normalized spacial score (nSPS) is 16.4. The van der Waals surface area contributed by atoms with Crippen LogP contribution in [-0.4, -0.2) is 25.6 Å². The third-order valence-electron chi connectivity index (χ3n) is 3.55. The number of hydrogen-bond acceptors (Lipinski definition) is 1. The van der Waals surface area contributed by atoms with Gasteiger partial charge in [0.05, 0.1) is 0 Å². The lowest BCUT2D eigenvalue weighted by atomic mass is 10.1. The van der Waals surface area contributed by atoms with E-state index in [9.17, 15) is 8.78 Å². The number of aliphatic imine (C=N–C) groups is 1. The molecular formula is C15H21F2N3. The summed E-state index contributed by atoms with van der Waals surface area (Å²) in [5.74, 6) is -0.310. The second-order valence-corrected chi connectivity index (χ2v) is 5.15. The van der Waals surface area contributed by atoms with Crippen molar-refractivity contribution in [3.8, 4) is 0 Å². The van der Waals surface area contributed by atoms with E-state index in [0.717, 1.165) is 12.0 Å². The maximum absolute atomic E-state index is 13.1. The molecule has 110 valence electrons. The maximum Gasteiger partial charge on any atom is 0.191 e. The van der Waals surface area contributed by atoms with Gasteiger partial charge in [0.15, 0.2) is 5.96 Å². The van der Waals surface area contributed by atoms with Crippen LogP contribution in [0, 0.1) is 11.6 Å². The quantitative estimate of drug-likeness (QED) is 0.657. The number of nitrogens with one attached hydrogen (secondary N) is 2. The minimum Gasteiger partial charge on any atom is -0.356 e. The van der Waals surface area contributed by atoms with Crippen molar-refractivity contribution in [3.05, 3.63) is 35.4 Å². The molecule has 0 amide bonds. The van der Waals surface area contributed by atoms with E-state index in [1.54, 1.807) is 7.05 Å². The first kappa shape index (κ1) is 14.8. The first-order valence-corrected chi connectivity index (χ1v) is 7.09. The summed E-state index contributed by atoms with van der Waals surface area (Å²) < 4.78 is 26.1. The van der Waals surface area contributed by atoms with Gasteiger partial charge in [-0.2, -0.15) is 0 Å². The average molecular weight is 281 g/mol. The van der Waals surface area contributed by atoms with E-state index in [-0.39, 0.29) is 0 Å². The largest absolute Gasteiger partial charge is 0.356 e. The van der Waals surface area contributed by atoms with Crippen molar-refractivity contribution >= 4 is 5.96 Å². The molecule has 0 spiro atoms. The zero-order valence-corrected chi connectivity index (χ0v) is 11.8. The van der Waals surface area contributed by atoms with E-state index < -0.39 is 11.6 Å². The molecule has 1 aliphatic rings. The zero-order chi connectivity index (χ0) is 14.4. The van der Waals surface area contributed by atoms with E-state index in [0.29, 0.717) is 24.6 Å². The maximum atomic E-state index is 13.1. The Bertz CT molecular complexity index is 448. The first-order valence-electron chi connectivity index (χ1n) is 7.09. The number of rotatable bonds is 4. The van der Waals surface area contributed by atoms with Crippen LogP contribution >= 0.6 is 0 Å². The van der Waals surface area contributed by atoms with E-state index in [1.807, 2.05) is 0 Å². The van der Waals surface area contributed by atoms with Gasteiger partial charge in [0.1, 0.15) is 11.6 Å². The van der Waals surface area contributed by atoms with Gasteiger partial charge in [0.2, 0.25) is 0 Å². The highest BCUT2D eigenvalue weighted by molar-refractivity contribution is 5.79. The molecule has 0 saturated heterocycles. The molecule has 0 heterocycles. The topological polar surface area (TPSA) is 36.4 Å². The molecule has 5 heteroatoms. The lowest BCUT2D eigenvalue weighted by Crippen LogP contribution is -2.43. The monoisotopic (exact) mass is 281 g/mol. The van der Waals surface area contributed by atoms with Gasteiger partial charge in [-0.3, -0.25) is 4.99 Å². The standard InChI is InChI=1S/C15H21F2N3/c1-18-15(20-14-4-2-3-5-14)19-7-6-11-8-12(16)10-13(17)9-11/h8-10,14H,2-7H2,1H3,(H2,18,19,20). The summed E-state index contributed by atoms with van der Waals surface area (Å²) in [5, 5.41) is 6.54. The van der Waals surface area contributed by atoms with Gasteiger partial charge in [-0.15, -0.1) is 0 Å². The van der Waals surface area contributed by atoms with Crippen LogP contribution in [0.25, 0.3) is 0 Å². The van der Waals surface area contributed by atoms with Gasteiger partial charge in [0.25, 0.3) is 0 Å². The summed E-state index contributed by atoms with van der Waals surface area (Å²) in [5.41, 5.74) is 0.645. The summed E-state index contributed by atoms with van der Waals surface area (Å²) in [7, 11) is 1.73. The molecule has 1 saturated carbocycles. The van der Waals surface area contributed by atoms with Crippen molar-refractivity contribution in [1.82, 2.24) is 10.6 Å². The summed E-state index contributed by atoms with van der Waals surface area (Å²) in [6.45, 7) is 0.593.